The molecule has 0 spiro atoms. The zero-order valence-corrected chi connectivity index (χ0v) is 15.8. The van der Waals surface area contributed by atoms with Crippen molar-refractivity contribution in [3.63, 3.8) is 0 Å². The van der Waals surface area contributed by atoms with Gasteiger partial charge in [0.25, 0.3) is 5.91 Å². The highest BCUT2D eigenvalue weighted by molar-refractivity contribution is 7.22. The van der Waals surface area contributed by atoms with Crippen LogP contribution in [0.1, 0.15) is 35.8 Å². The molecule has 2 aromatic heterocycles. The summed E-state index contributed by atoms with van der Waals surface area (Å²) in [7, 11) is 1.81. The van der Waals surface area contributed by atoms with Crippen LogP contribution in [-0.4, -0.2) is 39.9 Å². The second kappa shape index (κ2) is 7.17. The number of carbonyl (C=O) groups excluding carboxylic acids is 1. The normalized spacial score (nSPS) is 17.1. The number of fused-ring (bicyclic) bond motifs is 1. The molecule has 4 rings (SSSR count). The second-order valence-electron chi connectivity index (χ2n) is 6.58. The fourth-order valence-corrected chi connectivity index (χ4v) is 4.24. The highest BCUT2D eigenvalue weighted by Crippen LogP contribution is 2.31. The average molecular weight is 370 g/mol. The fraction of sp³-hybridized carbons (Fsp3) is 0.421. The van der Waals surface area contributed by atoms with Crippen molar-refractivity contribution in [2.45, 2.75) is 32.3 Å². The Balaban J connectivity index is 1.70. The van der Waals surface area contributed by atoms with Gasteiger partial charge < -0.3 is 4.74 Å². The summed E-state index contributed by atoms with van der Waals surface area (Å²) in [5.41, 5.74) is 2.63. The Morgan fingerprint density at radius 1 is 1.42 bits per heavy atom. The Kier molecular flexibility index (Phi) is 4.74. The SMILES string of the molecule is CCc1ccc2nc(N(CC3CCCO3)C(=O)c3ccn(C)n3)sc2c1. The molecular formula is C19H22N4O2S. The molecule has 1 saturated heterocycles. The monoisotopic (exact) mass is 370 g/mol. The first kappa shape index (κ1) is 17.2. The molecular weight excluding hydrogens is 348 g/mol. The molecule has 1 unspecified atom stereocenters. The molecule has 1 amide bonds. The lowest BCUT2D eigenvalue weighted by atomic mass is 10.2. The minimum atomic E-state index is -0.129. The number of anilines is 1. The van der Waals surface area contributed by atoms with Gasteiger partial charge in [0.15, 0.2) is 10.8 Å². The van der Waals surface area contributed by atoms with Crippen LogP contribution in [0.3, 0.4) is 0 Å². The van der Waals surface area contributed by atoms with E-state index < -0.39 is 0 Å². The van der Waals surface area contributed by atoms with E-state index in [1.165, 1.54) is 5.56 Å². The quantitative estimate of drug-likeness (QED) is 0.690. The van der Waals surface area contributed by atoms with E-state index in [0.717, 1.165) is 36.1 Å². The van der Waals surface area contributed by atoms with Gasteiger partial charge in [0, 0.05) is 19.9 Å². The van der Waals surface area contributed by atoms with Crippen LogP contribution >= 0.6 is 11.3 Å². The first-order valence-corrected chi connectivity index (χ1v) is 9.78. The zero-order chi connectivity index (χ0) is 18.1. The van der Waals surface area contributed by atoms with Gasteiger partial charge in [-0.05, 0) is 43.0 Å². The topological polar surface area (TPSA) is 60.3 Å². The van der Waals surface area contributed by atoms with E-state index >= 15 is 0 Å². The summed E-state index contributed by atoms with van der Waals surface area (Å²) in [6.45, 7) is 3.41. The number of hydrogen-bond acceptors (Lipinski definition) is 5. The van der Waals surface area contributed by atoms with E-state index in [-0.39, 0.29) is 12.0 Å². The Bertz CT molecular complexity index is 927. The summed E-state index contributed by atoms with van der Waals surface area (Å²) in [6.07, 6.45) is 4.83. The van der Waals surface area contributed by atoms with E-state index in [1.54, 1.807) is 33.2 Å². The van der Waals surface area contributed by atoms with Crippen LogP contribution in [0.2, 0.25) is 0 Å². The third-order valence-corrected chi connectivity index (χ3v) is 5.71. The number of nitrogens with zero attached hydrogens (tertiary/aromatic N) is 4. The van der Waals surface area contributed by atoms with Crippen molar-refractivity contribution in [3.8, 4) is 0 Å². The number of hydrogen-bond donors (Lipinski definition) is 0. The predicted molar refractivity (Wildman–Crippen MR) is 103 cm³/mol. The minimum Gasteiger partial charge on any atom is -0.376 e. The lowest BCUT2D eigenvalue weighted by molar-refractivity contribution is 0.0913. The molecule has 0 radical (unpaired) electrons. The molecule has 1 aliphatic heterocycles. The molecule has 0 bridgehead atoms. The third-order valence-electron chi connectivity index (χ3n) is 4.67. The number of thiazole rings is 1. The smallest absolute Gasteiger partial charge is 0.280 e. The van der Waals surface area contributed by atoms with Crippen LogP contribution in [0.4, 0.5) is 5.13 Å². The third kappa shape index (κ3) is 3.37. The minimum absolute atomic E-state index is 0.0564. The van der Waals surface area contributed by atoms with Crippen LogP contribution in [-0.2, 0) is 18.2 Å². The lowest BCUT2D eigenvalue weighted by Crippen LogP contribution is -2.37. The fourth-order valence-electron chi connectivity index (χ4n) is 3.20. The van der Waals surface area contributed by atoms with Crippen molar-refractivity contribution in [1.82, 2.24) is 14.8 Å². The standard InChI is InChI=1S/C19H22N4O2S/c1-3-13-6-7-15-17(11-13)26-19(20-15)23(12-14-5-4-10-25-14)18(24)16-8-9-22(2)21-16/h6-9,11,14H,3-5,10,12H2,1-2H3. The first-order valence-electron chi connectivity index (χ1n) is 8.96. The van der Waals surface area contributed by atoms with Gasteiger partial charge in [-0.2, -0.15) is 5.10 Å². The molecule has 0 N–H and O–H groups in total. The van der Waals surface area contributed by atoms with Crippen LogP contribution in [0.5, 0.6) is 0 Å². The Morgan fingerprint density at radius 2 is 2.31 bits per heavy atom. The van der Waals surface area contributed by atoms with Crippen molar-refractivity contribution < 1.29 is 9.53 Å². The Hall–Kier alpha value is -2.25. The molecule has 1 fully saturated rings. The maximum atomic E-state index is 13.1. The van der Waals surface area contributed by atoms with Gasteiger partial charge >= 0.3 is 0 Å². The molecule has 1 aromatic carbocycles. The van der Waals surface area contributed by atoms with Crippen molar-refractivity contribution in [2.24, 2.45) is 7.05 Å². The van der Waals surface area contributed by atoms with E-state index in [2.05, 4.69) is 24.2 Å². The number of aromatic nitrogens is 3. The van der Waals surface area contributed by atoms with Gasteiger partial charge in [-0.25, -0.2) is 4.98 Å². The molecule has 3 aromatic rings. The van der Waals surface area contributed by atoms with Gasteiger partial charge in [0.2, 0.25) is 0 Å². The highest BCUT2D eigenvalue weighted by Gasteiger charge is 2.28. The molecule has 1 atom stereocenters. The van der Waals surface area contributed by atoms with Crippen LogP contribution < -0.4 is 4.90 Å². The molecule has 136 valence electrons. The maximum Gasteiger partial charge on any atom is 0.280 e. The largest absolute Gasteiger partial charge is 0.376 e. The van der Waals surface area contributed by atoms with E-state index in [0.29, 0.717) is 17.4 Å². The maximum absolute atomic E-state index is 13.1. The van der Waals surface area contributed by atoms with Gasteiger partial charge in [-0.3, -0.25) is 14.4 Å². The molecule has 7 heteroatoms. The summed E-state index contributed by atoms with van der Waals surface area (Å²) in [4.78, 5) is 19.6. The van der Waals surface area contributed by atoms with E-state index in [4.69, 9.17) is 9.72 Å². The zero-order valence-electron chi connectivity index (χ0n) is 15.0. The van der Waals surface area contributed by atoms with Crippen molar-refractivity contribution in [1.29, 1.82) is 0 Å². The van der Waals surface area contributed by atoms with Crippen LogP contribution in [0.25, 0.3) is 10.2 Å². The number of carbonyl (C=O) groups is 1. The van der Waals surface area contributed by atoms with Crippen LogP contribution in [0.15, 0.2) is 30.5 Å². The number of rotatable bonds is 5. The highest BCUT2D eigenvalue weighted by atomic mass is 32.1. The van der Waals surface area contributed by atoms with Gasteiger partial charge in [-0.1, -0.05) is 24.3 Å². The molecule has 1 aliphatic rings. The van der Waals surface area contributed by atoms with Crippen molar-refractivity contribution in [2.75, 3.05) is 18.1 Å². The Labute approximate surface area is 156 Å². The van der Waals surface area contributed by atoms with E-state index in [1.807, 2.05) is 13.1 Å². The van der Waals surface area contributed by atoms with Crippen LogP contribution in [0, 0.1) is 0 Å². The summed E-state index contributed by atoms with van der Waals surface area (Å²) < 4.78 is 8.51. The Morgan fingerprint density at radius 3 is 3.00 bits per heavy atom. The molecule has 26 heavy (non-hydrogen) atoms. The number of benzene rings is 1. The molecule has 0 saturated carbocycles. The second-order valence-corrected chi connectivity index (χ2v) is 7.59. The van der Waals surface area contributed by atoms with Gasteiger partial charge in [-0.15, -0.1) is 0 Å². The average Bonchev–Trinajstić information content (AvgIpc) is 3.38. The van der Waals surface area contributed by atoms with Gasteiger partial charge in [0.1, 0.15) is 0 Å². The number of ether oxygens (including phenoxy) is 1. The van der Waals surface area contributed by atoms with Crippen molar-refractivity contribution in [3.05, 3.63) is 41.7 Å². The van der Waals surface area contributed by atoms with E-state index in [9.17, 15) is 4.79 Å². The first-order chi connectivity index (χ1) is 12.6. The summed E-state index contributed by atoms with van der Waals surface area (Å²) >= 11 is 1.55. The molecule has 3 heterocycles. The molecule has 6 nitrogen and oxygen atoms in total. The summed E-state index contributed by atoms with van der Waals surface area (Å²) in [6, 6.07) is 8.03. The predicted octanol–water partition coefficient (Wildman–Crippen LogP) is 3.42. The summed E-state index contributed by atoms with van der Waals surface area (Å²) in [5, 5.41) is 4.98. The number of amides is 1. The molecule has 0 aliphatic carbocycles. The van der Waals surface area contributed by atoms with Crippen molar-refractivity contribution >= 4 is 32.6 Å². The summed E-state index contributed by atoms with van der Waals surface area (Å²) in [5.74, 6) is -0.129. The number of aryl methyl sites for hydroxylation is 2. The van der Waals surface area contributed by atoms with Gasteiger partial charge in [0.05, 0.1) is 22.9 Å². The lowest BCUT2D eigenvalue weighted by Gasteiger charge is -2.22.